The topological polar surface area (TPSA) is 29.3 Å². The Labute approximate surface area is 114 Å². The fourth-order valence-electron chi connectivity index (χ4n) is 3.79. The molecule has 0 saturated heterocycles. The number of rotatable bonds is 6. The second kappa shape index (κ2) is 7.49. The molecule has 0 aromatic heterocycles. The minimum Gasteiger partial charge on any atom is -0.326 e. The van der Waals surface area contributed by atoms with E-state index in [1.165, 1.54) is 38.5 Å². The largest absolute Gasteiger partial charge is 0.326 e. The molecule has 18 heavy (non-hydrogen) atoms. The van der Waals surface area contributed by atoms with E-state index in [0.29, 0.717) is 6.04 Å². The lowest BCUT2D eigenvalue weighted by atomic mass is 9.77. The molecule has 1 aliphatic carbocycles. The monoisotopic (exact) mass is 254 g/mol. The van der Waals surface area contributed by atoms with E-state index >= 15 is 0 Å². The van der Waals surface area contributed by atoms with Gasteiger partial charge >= 0.3 is 0 Å². The van der Waals surface area contributed by atoms with Crippen LogP contribution in [0.4, 0.5) is 0 Å². The van der Waals surface area contributed by atoms with Gasteiger partial charge in [-0.25, -0.2) is 0 Å². The van der Waals surface area contributed by atoms with E-state index in [-0.39, 0.29) is 5.54 Å². The first-order valence-corrected chi connectivity index (χ1v) is 8.10. The Hall–Kier alpha value is -0.0800. The molecule has 1 fully saturated rings. The van der Waals surface area contributed by atoms with Crippen LogP contribution in [0.15, 0.2) is 0 Å². The molecule has 0 aromatic rings. The highest BCUT2D eigenvalue weighted by molar-refractivity contribution is 4.97. The van der Waals surface area contributed by atoms with Crippen LogP contribution in [0.1, 0.15) is 72.6 Å². The summed E-state index contributed by atoms with van der Waals surface area (Å²) in [7, 11) is 0. The Morgan fingerprint density at radius 2 is 1.56 bits per heavy atom. The lowest BCUT2D eigenvalue weighted by Crippen LogP contribution is -2.60. The highest BCUT2D eigenvalue weighted by atomic mass is 15.2. The van der Waals surface area contributed by atoms with Crippen LogP contribution in [0.3, 0.4) is 0 Å². The summed E-state index contributed by atoms with van der Waals surface area (Å²) in [6, 6.07) is 0.334. The van der Waals surface area contributed by atoms with Crippen molar-refractivity contribution in [1.82, 2.24) is 4.90 Å². The van der Waals surface area contributed by atoms with Gasteiger partial charge in [0.25, 0.3) is 0 Å². The highest BCUT2D eigenvalue weighted by Gasteiger charge is 2.38. The highest BCUT2D eigenvalue weighted by Crippen LogP contribution is 2.33. The normalized spacial score (nSPS) is 23.7. The van der Waals surface area contributed by atoms with Gasteiger partial charge in [0.15, 0.2) is 0 Å². The average Bonchev–Trinajstić information content (AvgIpc) is 2.67. The molecule has 0 bridgehead atoms. The van der Waals surface area contributed by atoms with Crippen LogP contribution < -0.4 is 5.73 Å². The molecule has 0 aromatic carbocycles. The predicted molar refractivity (Wildman–Crippen MR) is 80.8 cm³/mol. The Bertz CT molecular complexity index is 217. The molecule has 108 valence electrons. The first kappa shape index (κ1) is 16.0. The van der Waals surface area contributed by atoms with Crippen LogP contribution in [0, 0.1) is 5.92 Å². The quantitative estimate of drug-likeness (QED) is 0.731. The third-order valence-corrected chi connectivity index (χ3v) is 5.33. The first-order chi connectivity index (χ1) is 8.60. The second-order valence-electron chi connectivity index (χ2n) is 6.16. The fraction of sp³-hybridized carbons (Fsp3) is 1.00. The first-order valence-electron chi connectivity index (χ1n) is 8.10. The minimum atomic E-state index is 0.179. The summed E-state index contributed by atoms with van der Waals surface area (Å²) < 4.78 is 0. The molecule has 0 spiro atoms. The fourth-order valence-corrected chi connectivity index (χ4v) is 3.79. The van der Waals surface area contributed by atoms with E-state index in [2.05, 4.69) is 32.6 Å². The van der Waals surface area contributed by atoms with E-state index in [1.807, 2.05) is 0 Å². The summed E-state index contributed by atoms with van der Waals surface area (Å²) in [6.07, 6.45) is 9.45. The van der Waals surface area contributed by atoms with Gasteiger partial charge in [-0.2, -0.15) is 0 Å². The smallest absolute Gasteiger partial charge is 0.0332 e. The van der Waals surface area contributed by atoms with E-state index in [1.54, 1.807) is 0 Å². The van der Waals surface area contributed by atoms with E-state index in [4.69, 9.17) is 5.73 Å². The van der Waals surface area contributed by atoms with E-state index in [9.17, 15) is 0 Å². The van der Waals surface area contributed by atoms with E-state index in [0.717, 1.165) is 25.4 Å². The molecule has 2 N–H and O–H groups in total. The van der Waals surface area contributed by atoms with Crippen LogP contribution in [0.2, 0.25) is 0 Å². The molecule has 0 heterocycles. The zero-order valence-electron chi connectivity index (χ0n) is 13.0. The Morgan fingerprint density at radius 1 is 1.06 bits per heavy atom. The van der Waals surface area contributed by atoms with Gasteiger partial charge < -0.3 is 5.73 Å². The molecular formula is C16H34N2. The molecule has 0 amide bonds. The molecule has 1 aliphatic rings. The summed E-state index contributed by atoms with van der Waals surface area (Å²) in [5.41, 5.74) is 6.90. The van der Waals surface area contributed by atoms with Gasteiger partial charge in [0, 0.05) is 11.6 Å². The summed E-state index contributed by atoms with van der Waals surface area (Å²) in [5.74, 6) is 0.734. The van der Waals surface area contributed by atoms with Crippen LogP contribution in [0.25, 0.3) is 0 Å². The summed E-state index contributed by atoms with van der Waals surface area (Å²) >= 11 is 0. The summed E-state index contributed by atoms with van der Waals surface area (Å²) in [6.45, 7) is 11.4. The number of nitrogens with zero attached hydrogens (tertiary/aromatic N) is 1. The molecule has 2 heteroatoms. The molecule has 0 radical (unpaired) electrons. The van der Waals surface area contributed by atoms with Gasteiger partial charge in [-0.15, -0.1) is 0 Å². The number of nitrogens with two attached hydrogens (primary N) is 1. The van der Waals surface area contributed by atoms with Gasteiger partial charge in [-0.1, -0.05) is 46.5 Å². The van der Waals surface area contributed by atoms with Gasteiger partial charge in [0.2, 0.25) is 0 Å². The van der Waals surface area contributed by atoms with Crippen LogP contribution in [0.5, 0.6) is 0 Å². The average molecular weight is 254 g/mol. The molecule has 2 unspecified atom stereocenters. The van der Waals surface area contributed by atoms with Crippen molar-refractivity contribution in [1.29, 1.82) is 0 Å². The molecular weight excluding hydrogens is 220 g/mol. The van der Waals surface area contributed by atoms with Crippen molar-refractivity contribution in [3.05, 3.63) is 0 Å². The summed E-state index contributed by atoms with van der Waals surface area (Å²) in [4.78, 5) is 2.57. The third-order valence-electron chi connectivity index (χ3n) is 5.33. The number of hydrogen-bond acceptors (Lipinski definition) is 2. The molecule has 1 rings (SSSR count). The summed E-state index contributed by atoms with van der Waals surface area (Å²) in [5, 5.41) is 0. The maximum absolute atomic E-state index is 6.72. The lowest BCUT2D eigenvalue weighted by Gasteiger charge is -2.47. The maximum Gasteiger partial charge on any atom is 0.0332 e. The SMILES string of the molecule is CCN(CC)C(C)(CC)C(N)C1CCCCCC1. The zero-order chi connectivity index (χ0) is 13.6. The van der Waals surface area contributed by atoms with Gasteiger partial charge in [0.05, 0.1) is 0 Å². The molecule has 1 saturated carbocycles. The molecule has 0 aliphatic heterocycles. The van der Waals surface area contributed by atoms with Crippen molar-refractivity contribution >= 4 is 0 Å². The van der Waals surface area contributed by atoms with Crippen molar-refractivity contribution in [3.8, 4) is 0 Å². The van der Waals surface area contributed by atoms with Crippen molar-refractivity contribution in [2.75, 3.05) is 13.1 Å². The van der Waals surface area contributed by atoms with Crippen molar-refractivity contribution in [3.63, 3.8) is 0 Å². The molecule has 2 atom stereocenters. The maximum atomic E-state index is 6.72. The Morgan fingerprint density at radius 3 is 1.94 bits per heavy atom. The van der Waals surface area contributed by atoms with Crippen LogP contribution in [-0.4, -0.2) is 29.6 Å². The van der Waals surface area contributed by atoms with Crippen molar-refractivity contribution in [2.45, 2.75) is 84.2 Å². The second-order valence-corrected chi connectivity index (χ2v) is 6.16. The van der Waals surface area contributed by atoms with Crippen molar-refractivity contribution < 1.29 is 0 Å². The molecule has 2 nitrogen and oxygen atoms in total. The van der Waals surface area contributed by atoms with Crippen molar-refractivity contribution in [2.24, 2.45) is 11.7 Å². The van der Waals surface area contributed by atoms with Gasteiger partial charge in [-0.05, 0) is 45.2 Å². The predicted octanol–water partition coefficient (Wildman–Crippen LogP) is 3.79. The Kier molecular flexibility index (Phi) is 6.65. The lowest BCUT2D eigenvalue weighted by molar-refractivity contribution is 0.0586. The minimum absolute atomic E-state index is 0.179. The number of hydrogen-bond donors (Lipinski definition) is 1. The standard InChI is InChI=1S/C16H34N2/c1-5-16(4,18(6-2)7-3)15(17)14-12-10-8-9-11-13-14/h14-15H,5-13,17H2,1-4H3. The number of likely N-dealkylation sites (N-methyl/N-ethyl adjacent to an activating group) is 1. The third kappa shape index (κ3) is 3.48. The van der Waals surface area contributed by atoms with E-state index < -0.39 is 0 Å². The van der Waals surface area contributed by atoms with Gasteiger partial charge in [-0.3, -0.25) is 4.90 Å². The van der Waals surface area contributed by atoms with Gasteiger partial charge in [0.1, 0.15) is 0 Å². The zero-order valence-corrected chi connectivity index (χ0v) is 13.0. The van der Waals surface area contributed by atoms with Crippen LogP contribution in [-0.2, 0) is 0 Å². The van der Waals surface area contributed by atoms with Crippen LogP contribution >= 0.6 is 0 Å². The Balaban J connectivity index is 2.77.